The molecule has 1 aromatic rings. The summed E-state index contributed by atoms with van der Waals surface area (Å²) < 4.78 is 18.1. The predicted molar refractivity (Wildman–Crippen MR) is 79.4 cm³/mol. The van der Waals surface area contributed by atoms with Crippen LogP contribution in [0.15, 0.2) is 24.3 Å². The Kier molecular flexibility index (Phi) is 4.47. The number of β-amino-alcohol motifs (C(OH)–C–C–N with tert-alkyl or cyclic N) is 1. The number of benzene rings is 1. The summed E-state index contributed by atoms with van der Waals surface area (Å²) in [5, 5.41) is 10.0. The molecule has 2 fully saturated rings. The van der Waals surface area contributed by atoms with Gasteiger partial charge in [0.2, 0.25) is 0 Å². The number of fused-ring (bicyclic) bond motifs is 1. The summed E-state index contributed by atoms with van der Waals surface area (Å²) in [6, 6.07) is 4.71. The number of ether oxygens (including phenoxy) is 1. The van der Waals surface area contributed by atoms with Gasteiger partial charge in [0, 0.05) is 6.54 Å². The molecule has 3 amide bonds. The first kappa shape index (κ1) is 15.7. The number of hydrogen-bond donors (Lipinski definition) is 1. The summed E-state index contributed by atoms with van der Waals surface area (Å²) in [6.07, 6.45) is 1.53. The van der Waals surface area contributed by atoms with Crippen LogP contribution in [0.4, 0.5) is 9.18 Å². The van der Waals surface area contributed by atoms with Gasteiger partial charge in [0.25, 0.3) is 5.91 Å². The van der Waals surface area contributed by atoms with Crippen LogP contribution in [0.3, 0.4) is 0 Å². The molecule has 1 aromatic carbocycles. The van der Waals surface area contributed by atoms with Crippen LogP contribution in [0, 0.1) is 5.82 Å². The lowest BCUT2D eigenvalue weighted by molar-refractivity contribution is -0.129. The first-order valence-corrected chi connectivity index (χ1v) is 7.74. The van der Waals surface area contributed by atoms with E-state index in [1.807, 2.05) is 0 Å². The van der Waals surface area contributed by atoms with E-state index < -0.39 is 6.10 Å². The van der Waals surface area contributed by atoms with Crippen LogP contribution in [0.25, 0.3) is 0 Å². The number of carbonyl (C=O) groups is 2. The van der Waals surface area contributed by atoms with Crippen molar-refractivity contribution in [2.24, 2.45) is 0 Å². The summed E-state index contributed by atoms with van der Waals surface area (Å²) in [7, 11) is 0. The summed E-state index contributed by atoms with van der Waals surface area (Å²) in [6.45, 7) is 0.424. The third kappa shape index (κ3) is 3.29. The molecule has 0 saturated carbocycles. The Labute approximate surface area is 133 Å². The first-order valence-electron chi connectivity index (χ1n) is 7.74. The Morgan fingerprint density at radius 2 is 2.00 bits per heavy atom. The number of hydrogen-bond acceptors (Lipinski definition) is 4. The van der Waals surface area contributed by atoms with E-state index in [9.17, 15) is 19.1 Å². The van der Waals surface area contributed by atoms with Crippen LogP contribution in [0.1, 0.15) is 19.3 Å². The lowest BCUT2D eigenvalue weighted by atomic mass is 10.0. The molecule has 0 aliphatic carbocycles. The van der Waals surface area contributed by atoms with Crippen molar-refractivity contribution < 1.29 is 23.8 Å². The van der Waals surface area contributed by atoms with Crippen molar-refractivity contribution >= 4 is 11.9 Å². The van der Waals surface area contributed by atoms with Crippen LogP contribution in [0.2, 0.25) is 0 Å². The van der Waals surface area contributed by atoms with Crippen molar-refractivity contribution in [2.45, 2.75) is 31.4 Å². The molecule has 23 heavy (non-hydrogen) atoms. The molecule has 0 spiro atoms. The van der Waals surface area contributed by atoms with Gasteiger partial charge in [-0.25, -0.2) is 9.18 Å². The minimum Gasteiger partial charge on any atom is -0.491 e. The molecule has 2 unspecified atom stereocenters. The summed E-state index contributed by atoms with van der Waals surface area (Å²) in [4.78, 5) is 27.2. The highest BCUT2D eigenvalue weighted by molar-refractivity contribution is 6.04. The molecule has 0 aromatic heterocycles. The highest BCUT2D eigenvalue weighted by atomic mass is 19.1. The van der Waals surface area contributed by atoms with Crippen molar-refractivity contribution in [1.82, 2.24) is 9.80 Å². The largest absolute Gasteiger partial charge is 0.491 e. The van der Waals surface area contributed by atoms with Gasteiger partial charge in [-0.1, -0.05) is 0 Å². The van der Waals surface area contributed by atoms with E-state index >= 15 is 0 Å². The molecular formula is C16H19FN2O4. The quantitative estimate of drug-likeness (QED) is 0.832. The molecule has 2 aliphatic heterocycles. The van der Waals surface area contributed by atoms with Crippen molar-refractivity contribution in [1.29, 1.82) is 0 Å². The van der Waals surface area contributed by atoms with Gasteiger partial charge >= 0.3 is 6.03 Å². The SMILES string of the molecule is O=C1C2CCCCN2C(=O)N1CC(O)COc1ccc(F)cc1. The number of nitrogens with zero attached hydrogens (tertiary/aromatic N) is 2. The summed E-state index contributed by atoms with van der Waals surface area (Å²) in [5.41, 5.74) is 0. The van der Waals surface area contributed by atoms with Crippen LogP contribution in [-0.2, 0) is 4.79 Å². The molecule has 124 valence electrons. The second-order valence-corrected chi connectivity index (χ2v) is 5.86. The molecular weight excluding hydrogens is 303 g/mol. The van der Waals surface area contributed by atoms with E-state index in [0.29, 0.717) is 18.7 Å². The smallest absolute Gasteiger partial charge is 0.327 e. The predicted octanol–water partition coefficient (Wildman–Crippen LogP) is 1.38. The van der Waals surface area contributed by atoms with Gasteiger partial charge in [-0.2, -0.15) is 0 Å². The number of amides is 3. The number of aliphatic hydroxyl groups excluding tert-OH is 1. The number of halogens is 1. The van der Waals surface area contributed by atoms with E-state index in [2.05, 4.69) is 0 Å². The number of urea groups is 1. The maximum Gasteiger partial charge on any atom is 0.327 e. The molecule has 6 nitrogen and oxygen atoms in total. The molecule has 3 rings (SSSR count). The minimum absolute atomic E-state index is 0.0760. The number of imide groups is 1. The average Bonchev–Trinajstić information content (AvgIpc) is 2.80. The molecule has 0 radical (unpaired) electrons. The van der Waals surface area contributed by atoms with Gasteiger partial charge in [0.05, 0.1) is 6.54 Å². The molecule has 2 aliphatic rings. The van der Waals surface area contributed by atoms with Crippen LogP contribution in [-0.4, -0.2) is 58.7 Å². The van der Waals surface area contributed by atoms with E-state index in [-0.39, 0.29) is 36.9 Å². The molecule has 2 saturated heterocycles. The highest BCUT2D eigenvalue weighted by Crippen LogP contribution is 2.26. The third-order valence-electron chi connectivity index (χ3n) is 4.18. The third-order valence-corrected chi connectivity index (χ3v) is 4.18. The van der Waals surface area contributed by atoms with Gasteiger partial charge in [0.15, 0.2) is 0 Å². The Balaban J connectivity index is 1.55. The topological polar surface area (TPSA) is 70.1 Å². The first-order chi connectivity index (χ1) is 11.1. The zero-order valence-electron chi connectivity index (χ0n) is 12.7. The van der Waals surface area contributed by atoms with Gasteiger partial charge < -0.3 is 14.7 Å². The average molecular weight is 322 g/mol. The fraction of sp³-hybridized carbons (Fsp3) is 0.500. The molecule has 1 N–H and O–H groups in total. The lowest BCUT2D eigenvalue weighted by Gasteiger charge is -2.26. The number of carbonyl (C=O) groups excluding carboxylic acids is 2. The van der Waals surface area contributed by atoms with Crippen LogP contribution < -0.4 is 4.74 Å². The van der Waals surface area contributed by atoms with E-state index in [1.165, 1.54) is 24.3 Å². The highest BCUT2D eigenvalue weighted by Gasteiger charge is 2.46. The van der Waals surface area contributed by atoms with Crippen molar-refractivity contribution in [3.8, 4) is 5.75 Å². The van der Waals surface area contributed by atoms with Crippen LogP contribution in [0.5, 0.6) is 5.75 Å². The molecule has 2 heterocycles. The van der Waals surface area contributed by atoms with E-state index in [4.69, 9.17) is 4.74 Å². The number of piperidine rings is 1. The molecule has 2 atom stereocenters. The maximum atomic E-state index is 12.8. The standard InChI is InChI=1S/C16H19FN2O4/c17-11-4-6-13(7-5-11)23-10-12(20)9-19-15(21)14-3-1-2-8-18(14)16(19)22/h4-7,12,14,20H,1-3,8-10H2. The Morgan fingerprint density at radius 3 is 2.70 bits per heavy atom. The second kappa shape index (κ2) is 6.54. The lowest BCUT2D eigenvalue weighted by Crippen LogP contribution is -2.40. The van der Waals surface area contributed by atoms with Gasteiger partial charge in [-0.05, 0) is 43.5 Å². The minimum atomic E-state index is -0.991. The van der Waals surface area contributed by atoms with Gasteiger partial charge in [-0.15, -0.1) is 0 Å². The zero-order valence-corrected chi connectivity index (χ0v) is 12.7. The summed E-state index contributed by atoms with van der Waals surface area (Å²) >= 11 is 0. The zero-order chi connectivity index (χ0) is 16.4. The Hall–Kier alpha value is -2.15. The van der Waals surface area contributed by atoms with Crippen molar-refractivity contribution in [3.63, 3.8) is 0 Å². The Bertz CT molecular complexity index is 568. The summed E-state index contributed by atoms with van der Waals surface area (Å²) in [5.74, 6) is -0.194. The maximum absolute atomic E-state index is 12.8. The fourth-order valence-corrected chi connectivity index (χ4v) is 3.00. The monoisotopic (exact) mass is 322 g/mol. The molecule has 7 heteroatoms. The second-order valence-electron chi connectivity index (χ2n) is 5.86. The normalized spacial score (nSPS) is 22.3. The van der Waals surface area contributed by atoms with Gasteiger partial charge in [-0.3, -0.25) is 9.69 Å². The van der Waals surface area contributed by atoms with Crippen molar-refractivity contribution in [3.05, 3.63) is 30.1 Å². The fourth-order valence-electron chi connectivity index (χ4n) is 3.00. The van der Waals surface area contributed by atoms with Gasteiger partial charge in [0.1, 0.15) is 30.3 Å². The van der Waals surface area contributed by atoms with E-state index in [1.54, 1.807) is 4.90 Å². The van der Waals surface area contributed by atoms with Crippen LogP contribution >= 0.6 is 0 Å². The molecule has 0 bridgehead atoms. The van der Waals surface area contributed by atoms with E-state index in [0.717, 1.165) is 17.7 Å². The van der Waals surface area contributed by atoms with Crippen molar-refractivity contribution in [2.75, 3.05) is 19.7 Å². The number of aliphatic hydroxyl groups is 1. The number of rotatable bonds is 5. The Morgan fingerprint density at radius 1 is 1.26 bits per heavy atom.